The van der Waals surface area contributed by atoms with Gasteiger partial charge in [0, 0.05) is 13.1 Å². The van der Waals surface area contributed by atoms with Gasteiger partial charge in [0.15, 0.2) is 0 Å². The molecule has 0 spiro atoms. The Labute approximate surface area is 117 Å². The average Bonchev–Trinajstić information content (AvgIpc) is 2.72. The SMILES string of the molecule is O=C(O)C1CC=CCN(C(=O)OCc2ccccc2)C1. The summed E-state index contributed by atoms with van der Waals surface area (Å²) in [6, 6.07) is 9.38. The van der Waals surface area contributed by atoms with Crippen LogP contribution in [0.4, 0.5) is 4.79 Å². The van der Waals surface area contributed by atoms with Gasteiger partial charge < -0.3 is 14.7 Å². The highest BCUT2D eigenvalue weighted by atomic mass is 16.6. The fourth-order valence-electron chi connectivity index (χ4n) is 2.02. The second-order valence-electron chi connectivity index (χ2n) is 4.69. The number of allylic oxidation sites excluding steroid dienone is 1. The first-order valence-corrected chi connectivity index (χ1v) is 6.50. The van der Waals surface area contributed by atoms with Gasteiger partial charge in [0.2, 0.25) is 0 Å². The van der Waals surface area contributed by atoms with Crippen molar-refractivity contribution in [3.8, 4) is 0 Å². The molecule has 1 atom stereocenters. The highest BCUT2D eigenvalue weighted by Gasteiger charge is 2.25. The minimum absolute atomic E-state index is 0.177. The van der Waals surface area contributed by atoms with Crippen LogP contribution in [0.1, 0.15) is 12.0 Å². The number of rotatable bonds is 3. The fourth-order valence-corrected chi connectivity index (χ4v) is 2.02. The van der Waals surface area contributed by atoms with E-state index in [9.17, 15) is 9.59 Å². The Morgan fingerprint density at radius 2 is 2.00 bits per heavy atom. The predicted octanol–water partition coefficient (Wildman–Crippen LogP) is 2.29. The zero-order valence-electron chi connectivity index (χ0n) is 11.1. The molecule has 0 fully saturated rings. The molecule has 5 heteroatoms. The maximum absolute atomic E-state index is 12.0. The van der Waals surface area contributed by atoms with Crippen LogP contribution in [0.5, 0.6) is 0 Å². The minimum Gasteiger partial charge on any atom is -0.481 e. The number of carboxylic acids is 1. The van der Waals surface area contributed by atoms with Crippen molar-refractivity contribution < 1.29 is 19.4 Å². The standard InChI is InChI=1S/C15H17NO4/c17-14(18)13-8-4-5-9-16(10-13)15(19)20-11-12-6-2-1-3-7-12/h1-7,13H,8-11H2,(H,17,18). The zero-order chi connectivity index (χ0) is 14.4. The molecule has 1 heterocycles. The predicted molar refractivity (Wildman–Crippen MR) is 73.1 cm³/mol. The molecule has 106 valence electrons. The van der Waals surface area contributed by atoms with E-state index in [0.717, 1.165) is 5.56 Å². The van der Waals surface area contributed by atoms with Gasteiger partial charge >= 0.3 is 12.1 Å². The maximum atomic E-state index is 12.0. The Morgan fingerprint density at radius 3 is 2.70 bits per heavy atom. The molecule has 1 aromatic carbocycles. The molecule has 0 saturated carbocycles. The summed E-state index contributed by atoms with van der Waals surface area (Å²) >= 11 is 0. The molecule has 1 unspecified atom stereocenters. The molecule has 0 aliphatic carbocycles. The molecule has 1 amide bonds. The van der Waals surface area contributed by atoms with Gasteiger partial charge in [-0.15, -0.1) is 0 Å². The lowest BCUT2D eigenvalue weighted by Crippen LogP contribution is -2.37. The minimum atomic E-state index is -0.891. The molecule has 0 saturated heterocycles. The third-order valence-corrected chi connectivity index (χ3v) is 3.17. The van der Waals surface area contributed by atoms with Crippen LogP contribution < -0.4 is 0 Å². The van der Waals surface area contributed by atoms with E-state index in [1.165, 1.54) is 4.90 Å². The number of carbonyl (C=O) groups is 2. The van der Waals surface area contributed by atoms with Crippen molar-refractivity contribution in [3.05, 3.63) is 48.0 Å². The van der Waals surface area contributed by atoms with Crippen LogP contribution in [-0.2, 0) is 16.1 Å². The van der Waals surface area contributed by atoms with E-state index >= 15 is 0 Å². The van der Waals surface area contributed by atoms with Crippen molar-refractivity contribution in [1.29, 1.82) is 0 Å². The molecular formula is C15H17NO4. The van der Waals surface area contributed by atoms with Crippen LogP contribution in [0.3, 0.4) is 0 Å². The summed E-state index contributed by atoms with van der Waals surface area (Å²) in [5.41, 5.74) is 0.904. The monoisotopic (exact) mass is 275 g/mol. The van der Waals surface area contributed by atoms with Gasteiger partial charge in [-0.1, -0.05) is 42.5 Å². The van der Waals surface area contributed by atoms with E-state index in [4.69, 9.17) is 9.84 Å². The Bertz CT molecular complexity index is 498. The van der Waals surface area contributed by atoms with Crippen molar-refractivity contribution in [2.24, 2.45) is 5.92 Å². The van der Waals surface area contributed by atoms with Crippen molar-refractivity contribution >= 4 is 12.1 Å². The highest BCUT2D eigenvalue weighted by molar-refractivity contribution is 5.73. The number of carbonyl (C=O) groups excluding carboxylic acids is 1. The fraction of sp³-hybridized carbons (Fsp3) is 0.333. The number of ether oxygens (including phenoxy) is 1. The number of aliphatic carboxylic acids is 1. The summed E-state index contributed by atoms with van der Waals surface area (Å²) in [7, 11) is 0. The summed E-state index contributed by atoms with van der Waals surface area (Å²) < 4.78 is 5.21. The molecule has 0 aromatic heterocycles. The lowest BCUT2D eigenvalue weighted by molar-refractivity contribution is -0.142. The van der Waals surface area contributed by atoms with Gasteiger partial charge in [-0.2, -0.15) is 0 Å². The van der Waals surface area contributed by atoms with Gasteiger partial charge in [-0.05, 0) is 12.0 Å². The Morgan fingerprint density at radius 1 is 1.25 bits per heavy atom. The van der Waals surface area contributed by atoms with Crippen LogP contribution in [0.25, 0.3) is 0 Å². The summed E-state index contributed by atoms with van der Waals surface area (Å²) in [6.45, 7) is 0.755. The third-order valence-electron chi connectivity index (χ3n) is 3.17. The van der Waals surface area contributed by atoms with Crippen LogP contribution in [0, 0.1) is 5.92 Å². The van der Waals surface area contributed by atoms with Gasteiger partial charge in [0.1, 0.15) is 6.61 Å². The van der Waals surface area contributed by atoms with Crippen molar-refractivity contribution in [1.82, 2.24) is 4.90 Å². The molecule has 1 aliphatic rings. The first-order chi connectivity index (χ1) is 9.66. The Hall–Kier alpha value is -2.30. The maximum Gasteiger partial charge on any atom is 0.410 e. The Balaban J connectivity index is 1.91. The summed E-state index contributed by atoms with van der Waals surface area (Å²) in [5, 5.41) is 9.06. The molecule has 5 nitrogen and oxygen atoms in total. The van der Waals surface area contributed by atoms with Gasteiger partial charge in [-0.3, -0.25) is 4.79 Å². The first-order valence-electron chi connectivity index (χ1n) is 6.50. The quantitative estimate of drug-likeness (QED) is 0.859. The van der Waals surface area contributed by atoms with E-state index in [1.807, 2.05) is 30.3 Å². The van der Waals surface area contributed by atoms with E-state index in [-0.39, 0.29) is 13.2 Å². The summed E-state index contributed by atoms with van der Waals surface area (Å²) in [5.74, 6) is -1.46. The lowest BCUT2D eigenvalue weighted by atomic mass is 10.1. The van der Waals surface area contributed by atoms with Crippen molar-refractivity contribution in [2.45, 2.75) is 13.0 Å². The van der Waals surface area contributed by atoms with E-state index < -0.39 is 18.0 Å². The lowest BCUT2D eigenvalue weighted by Gasteiger charge is -2.21. The summed E-state index contributed by atoms with van der Waals surface area (Å²) in [6.07, 6.45) is 3.56. The van der Waals surface area contributed by atoms with Gasteiger partial charge in [0.05, 0.1) is 5.92 Å². The third kappa shape index (κ3) is 3.85. The van der Waals surface area contributed by atoms with Crippen LogP contribution >= 0.6 is 0 Å². The first kappa shape index (κ1) is 14.1. The number of nitrogens with zero attached hydrogens (tertiary/aromatic N) is 1. The van der Waals surface area contributed by atoms with E-state index in [2.05, 4.69) is 0 Å². The van der Waals surface area contributed by atoms with Crippen LogP contribution in [0.2, 0.25) is 0 Å². The summed E-state index contributed by atoms with van der Waals surface area (Å²) in [4.78, 5) is 24.4. The van der Waals surface area contributed by atoms with Crippen molar-refractivity contribution in [3.63, 3.8) is 0 Å². The number of hydrogen-bond donors (Lipinski definition) is 1. The molecule has 0 bridgehead atoms. The molecule has 20 heavy (non-hydrogen) atoms. The van der Waals surface area contributed by atoms with E-state index in [1.54, 1.807) is 12.2 Å². The molecule has 2 rings (SSSR count). The smallest absolute Gasteiger partial charge is 0.410 e. The molecule has 1 N–H and O–H groups in total. The normalized spacial score (nSPS) is 18.4. The van der Waals surface area contributed by atoms with Gasteiger partial charge in [0.25, 0.3) is 0 Å². The number of hydrogen-bond acceptors (Lipinski definition) is 3. The second-order valence-corrected chi connectivity index (χ2v) is 4.69. The highest BCUT2D eigenvalue weighted by Crippen LogP contribution is 2.13. The largest absolute Gasteiger partial charge is 0.481 e. The van der Waals surface area contributed by atoms with Crippen LogP contribution in [-0.4, -0.2) is 35.2 Å². The number of carboxylic acid groups (broad SMARTS) is 1. The molecular weight excluding hydrogens is 258 g/mol. The topological polar surface area (TPSA) is 66.8 Å². The molecule has 1 aliphatic heterocycles. The average molecular weight is 275 g/mol. The van der Waals surface area contributed by atoms with E-state index in [0.29, 0.717) is 13.0 Å². The molecule has 1 aromatic rings. The zero-order valence-corrected chi connectivity index (χ0v) is 11.1. The molecule has 0 radical (unpaired) electrons. The second kappa shape index (κ2) is 6.75. The number of amides is 1. The van der Waals surface area contributed by atoms with Crippen LogP contribution in [0.15, 0.2) is 42.5 Å². The van der Waals surface area contributed by atoms with Crippen molar-refractivity contribution in [2.75, 3.05) is 13.1 Å². The Kier molecular flexibility index (Phi) is 4.76. The number of benzene rings is 1. The van der Waals surface area contributed by atoms with Gasteiger partial charge in [-0.25, -0.2) is 4.79 Å².